The van der Waals surface area contributed by atoms with Gasteiger partial charge in [0.15, 0.2) is 5.78 Å². The molecular formula is C11H10FNO. The first-order chi connectivity index (χ1) is 6.59. The summed E-state index contributed by atoms with van der Waals surface area (Å²) in [6, 6.07) is 4.47. The molecule has 72 valence electrons. The highest BCUT2D eigenvalue weighted by molar-refractivity contribution is 6.06. The third kappa shape index (κ3) is 1.21. The molecule has 0 aliphatic rings. The molecule has 1 aromatic heterocycles. The van der Waals surface area contributed by atoms with Crippen LogP contribution in [0.3, 0.4) is 0 Å². The highest BCUT2D eigenvalue weighted by Crippen LogP contribution is 2.21. The van der Waals surface area contributed by atoms with Crippen LogP contribution in [0.1, 0.15) is 17.3 Å². The van der Waals surface area contributed by atoms with Gasteiger partial charge in [0.1, 0.15) is 5.82 Å². The van der Waals surface area contributed by atoms with Crippen molar-refractivity contribution in [3.63, 3.8) is 0 Å². The molecule has 0 amide bonds. The minimum atomic E-state index is -0.314. The number of rotatable bonds is 1. The zero-order chi connectivity index (χ0) is 10.3. The lowest BCUT2D eigenvalue weighted by Crippen LogP contribution is -1.89. The Balaban J connectivity index is 2.85. The van der Waals surface area contributed by atoms with Gasteiger partial charge in [-0.25, -0.2) is 4.39 Å². The molecule has 0 atom stereocenters. The van der Waals surface area contributed by atoms with Gasteiger partial charge >= 0.3 is 0 Å². The maximum Gasteiger partial charge on any atom is 0.161 e. The predicted molar refractivity (Wildman–Crippen MR) is 52.9 cm³/mol. The Bertz CT molecular complexity index is 513. The van der Waals surface area contributed by atoms with Crippen molar-refractivity contribution in [1.29, 1.82) is 0 Å². The van der Waals surface area contributed by atoms with Gasteiger partial charge in [0.25, 0.3) is 0 Å². The van der Waals surface area contributed by atoms with E-state index in [-0.39, 0.29) is 11.6 Å². The topological polar surface area (TPSA) is 22.0 Å². The molecule has 0 radical (unpaired) electrons. The van der Waals surface area contributed by atoms with Gasteiger partial charge in [-0.3, -0.25) is 4.79 Å². The zero-order valence-corrected chi connectivity index (χ0v) is 8.04. The minimum absolute atomic E-state index is 0.0406. The van der Waals surface area contributed by atoms with Crippen molar-refractivity contribution in [2.24, 2.45) is 7.05 Å². The number of hydrogen-bond acceptors (Lipinski definition) is 1. The van der Waals surface area contributed by atoms with Crippen LogP contribution in [0.2, 0.25) is 0 Å². The number of fused-ring (bicyclic) bond motifs is 1. The van der Waals surface area contributed by atoms with E-state index in [4.69, 9.17) is 0 Å². The van der Waals surface area contributed by atoms with Crippen LogP contribution in [0, 0.1) is 5.82 Å². The molecule has 0 aliphatic carbocycles. The Labute approximate surface area is 81.0 Å². The zero-order valence-electron chi connectivity index (χ0n) is 8.04. The van der Waals surface area contributed by atoms with Crippen molar-refractivity contribution >= 4 is 16.7 Å². The van der Waals surface area contributed by atoms with Crippen LogP contribution in [-0.4, -0.2) is 10.4 Å². The van der Waals surface area contributed by atoms with Crippen molar-refractivity contribution in [3.8, 4) is 0 Å². The lowest BCUT2D eigenvalue weighted by Gasteiger charge is -1.95. The molecule has 0 aliphatic heterocycles. The maximum absolute atomic E-state index is 13.0. The number of Topliss-reactive ketones (excluding diaryl/α,β-unsaturated/α-hetero) is 1. The molecule has 2 rings (SSSR count). The summed E-state index contributed by atoms with van der Waals surface area (Å²) in [5, 5.41) is 0.681. The molecule has 0 saturated carbocycles. The number of carbonyl (C=O) groups excluding carboxylic acids is 1. The van der Waals surface area contributed by atoms with Crippen LogP contribution < -0.4 is 0 Å². The number of nitrogens with zero attached hydrogens (tertiary/aromatic N) is 1. The summed E-state index contributed by atoms with van der Waals surface area (Å²) < 4.78 is 14.8. The number of aromatic nitrogens is 1. The molecular weight excluding hydrogens is 181 g/mol. The average Bonchev–Trinajstić information content (AvgIpc) is 2.43. The van der Waals surface area contributed by atoms with Gasteiger partial charge in [-0.1, -0.05) is 0 Å². The normalized spacial score (nSPS) is 10.8. The van der Waals surface area contributed by atoms with Gasteiger partial charge in [0.05, 0.1) is 0 Å². The Morgan fingerprint density at radius 3 is 2.79 bits per heavy atom. The van der Waals surface area contributed by atoms with Gasteiger partial charge in [-0.05, 0) is 25.1 Å². The van der Waals surface area contributed by atoms with Crippen molar-refractivity contribution in [2.75, 3.05) is 0 Å². The molecule has 0 fully saturated rings. The van der Waals surface area contributed by atoms with E-state index in [1.165, 1.54) is 19.1 Å². The van der Waals surface area contributed by atoms with Crippen molar-refractivity contribution in [3.05, 3.63) is 35.8 Å². The summed E-state index contributed by atoms with van der Waals surface area (Å²) in [6.07, 6.45) is 1.73. The number of aryl methyl sites for hydroxylation is 1. The highest BCUT2D eigenvalue weighted by atomic mass is 19.1. The van der Waals surface area contributed by atoms with Crippen LogP contribution >= 0.6 is 0 Å². The predicted octanol–water partition coefficient (Wildman–Crippen LogP) is 2.52. The standard InChI is InChI=1S/C11H10FNO/c1-7(14)10-6-13(2)11-4-3-8(12)5-9(10)11/h3-6H,1-2H3. The molecule has 1 aromatic carbocycles. The molecule has 0 N–H and O–H groups in total. The van der Waals surface area contributed by atoms with Crippen molar-refractivity contribution in [1.82, 2.24) is 4.57 Å². The average molecular weight is 191 g/mol. The fraction of sp³-hybridized carbons (Fsp3) is 0.182. The first-order valence-corrected chi connectivity index (χ1v) is 4.35. The lowest BCUT2D eigenvalue weighted by molar-refractivity contribution is 0.101. The molecule has 14 heavy (non-hydrogen) atoms. The molecule has 0 saturated heterocycles. The van der Waals surface area contributed by atoms with Crippen LogP contribution in [0.5, 0.6) is 0 Å². The molecule has 0 bridgehead atoms. The second-order valence-corrected chi connectivity index (χ2v) is 3.37. The first-order valence-electron chi connectivity index (χ1n) is 4.35. The maximum atomic E-state index is 13.0. The van der Waals surface area contributed by atoms with E-state index in [1.807, 2.05) is 11.6 Å². The van der Waals surface area contributed by atoms with Crippen LogP contribution in [0.4, 0.5) is 4.39 Å². The second kappa shape index (κ2) is 2.94. The Morgan fingerprint density at radius 2 is 2.14 bits per heavy atom. The third-order valence-corrected chi connectivity index (χ3v) is 2.33. The summed E-state index contributed by atoms with van der Waals surface area (Å²) in [5.74, 6) is -0.354. The number of carbonyl (C=O) groups is 1. The summed E-state index contributed by atoms with van der Waals surface area (Å²) >= 11 is 0. The summed E-state index contributed by atoms with van der Waals surface area (Å²) in [4.78, 5) is 11.2. The smallest absolute Gasteiger partial charge is 0.161 e. The van der Waals surface area contributed by atoms with Gasteiger partial charge in [0.2, 0.25) is 0 Å². The number of hydrogen-bond donors (Lipinski definition) is 0. The third-order valence-electron chi connectivity index (χ3n) is 2.33. The van der Waals surface area contributed by atoms with Crippen molar-refractivity contribution in [2.45, 2.75) is 6.92 Å². The molecule has 2 nitrogen and oxygen atoms in total. The summed E-state index contributed by atoms with van der Waals surface area (Å²) in [5.41, 5.74) is 1.44. The van der Waals surface area contributed by atoms with Gasteiger partial charge in [-0.15, -0.1) is 0 Å². The first kappa shape index (κ1) is 8.94. The molecule has 0 spiro atoms. The number of benzene rings is 1. The fourth-order valence-corrected chi connectivity index (χ4v) is 1.64. The van der Waals surface area contributed by atoms with Crippen LogP contribution in [0.25, 0.3) is 10.9 Å². The lowest BCUT2D eigenvalue weighted by atomic mass is 10.1. The summed E-state index contributed by atoms with van der Waals surface area (Å²) in [7, 11) is 1.84. The number of ketones is 1. The van der Waals surface area contributed by atoms with Crippen LogP contribution in [-0.2, 0) is 7.05 Å². The monoisotopic (exact) mass is 191 g/mol. The van der Waals surface area contributed by atoms with E-state index < -0.39 is 0 Å². The SMILES string of the molecule is CC(=O)c1cn(C)c2ccc(F)cc12. The van der Waals surface area contributed by atoms with E-state index in [2.05, 4.69) is 0 Å². The van der Waals surface area contributed by atoms with E-state index in [0.717, 1.165) is 5.52 Å². The van der Waals surface area contributed by atoms with Gasteiger partial charge in [0, 0.05) is 29.7 Å². The second-order valence-electron chi connectivity index (χ2n) is 3.37. The minimum Gasteiger partial charge on any atom is -0.350 e. The molecule has 3 heteroatoms. The number of halogens is 1. The Morgan fingerprint density at radius 1 is 1.43 bits per heavy atom. The summed E-state index contributed by atoms with van der Waals surface area (Å²) in [6.45, 7) is 1.49. The molecule has 2 aromatic rings. The van der Waals surface area contributed by atoms with E-state index in [9.17, 15) is 9.18 Å². The Kier molecular flexibility index (Phi) is 1.88. The fourth-order valence-electron chi connectivity index (χ4n) is 1.64. The largest absolute Gasteiger partial charge is 0.350 e. The van der Waals surface area contributed by atoms with Gasteiger partial charge in [-0.2, -0.15) is 0 Å². The highest BCUT2D eigenvalue weighted by Gasteiger charge is 2.10. The van der Waals surface area contributed by atoms with Crippen LogP contribution in [0.15, 0.2) is 24.4 Å². The van der Waals surface area contributed by atoms with E-state index in [1.54, 1.807) is 12.3 Å². The van der Waals surface area contributed by atoms with E-state index in [0.29, 0.717) is 10.9 Å². The van der Waals surface area contributed by atoms with Crippen molar-refractivity contribution < 1.29 is 9.18 Å². The van der Waals surface area contributed by atoms with E-state index >= 15 is 0 Å². The molecule has 0 unspecified atom stereocenters. The molecule has 1 heterocycles. The quantitative estimate of drug-likeness (QED) is 0.635. The Hall–Kier alpha value is -1.64. The van der Waals surface area contributed by atoms with Gasteiger partial charge < -0.3 is 4.57 Å².